The van der Waals surface area contributed by atoms with Crippen LogP contribution in [-0.4, -0.2) is 42.6 Å². The summed E-state index contributed by atoms with van der Waals surface area (Å²) < 4.78 is 10.9. The lowest BCUT2D eigenvalue weighted by molar-refractivity contribution is -0.127. The average molecular weight is 407 g/mol. The number of benzene rings is 1. The average Bonchev–Trinajstić information content (AvgIpc) is 3.23. The van der Waals surface area contributed by atoms with E-state index in [1.54, 1.807) is 36.7 Å². The van der Waals surface area contributed by atoms with Gasteiger partial charge in [-0.15, -0.1) is 11.3 Å². The normalized spacial score (nSPS) is 17.3. The van der Waals surface area contributed by atoms with Crippen LogP contribution in [-0.2, 0) is 4.79 Å². The molecule has 0 aliphatic carbocycles. The number of aromatic nitrogens is 1. The van der Waals surface area contributed by atoms with E-state index in [2.05, 4.69) is 4.98 Å². The Hall–Kier alpha value is -2.05. The zero-order chi connectivity index (χ0) is 19.2. The van der Waals surface area contributed by atoms with Gasteiger partial charge in [0.1, 0.15) is 0 Å². The standard InChI is InChI=1S/C20H23ClN2O3S/c1-3-26-19-16(21)11-14(12-17(19)25-2)6-7-18(24)23-9-4-5-15(13-23)20-22-8-10-27-20/h6-8,10-12,15H,3-5,9,13H2,1-2H3/b7-6+. The maximum atomic E-state index is 12.6. The summed E-state index contributed by atoms with van der Waals surface area (Å²) in [5, 5.41) is 3.56. The van der Waals surface area contributed by atoms with Gasteiger partial charge in [0.05, 0.1) is 23.7 Å². The van der Waals surface area contributed by atoms with Crippen LogP contribution in [0.4, 0.5) is 0 Å². The number of hydrogen-bond donors (Lipinski definition) is 0. The number of likely N-dealkylation sites (tertiary alicyclic amines) is 1. The molecule has 144 valence electrons. The van der Waals surface area contributed by atoms with E-state index in [-0.39, 0.29) is 5.91 Å². The summed E-state index contributed by atoms with van der Waals surface area (Å²) in [6.07, 6.45) is 7.25. The molecule has 0 N–H and O–H groups in total. The van der Waals surface area contributed by atoms with Crippen molar-refractivity contribution < 1.29 is 14.3 Å². The van der Waals surface area contributed by atoms with Crippen LogP contribution in [0, 0.1) is 0 Å². The van der Waals surface area contributed by atoms with Gasteiger partial charge in [0, 0.05) is 36.7 Å². The summed E-state index contributed by atoms with van der Waals surface area (Å²) in [5.74, 6) is 1.40. The molecule has 27 heavy (non-hydrogen) atoms. The van der Waals surface area contributed by atoms with E-state index in [9.17, 15) is 4.79 Å². The van der Waals surface area contributed by atoms with Crippen LogP contribution in [0.25, 0.3) is 6.08 Å². The number of ether oxygens (including phenoxy) is 2. The van der Waals surface area contributed by atoms with Gasteiger partial charge in [0.2, 0.25) is 5.91 Å². The molecule has 0 spiro atoms. The number of methoxy groups -OCH3 is 1. The van der Waals surface area contributed by atoms with Crippen molar-refractivity contribution >= 4 is 34.9 Å². The minimum atomic E-state index is 0.000213. The molecular weight excluding hydrogens is 384 g/mol. The van der Waals surface area contributed by atoms with Crippen molar-refractivity contribution in [3.8, 4) is 11.5 Å². The predicted molar refractivity (Wildman–Crippen MR) is 109 cm³/mol. The van der Waals surface area contributed by atoms with E-state index in [0.717, 1.165) is 30.0 Å². The smallest absolute Gasteiger partial charge is 0.246 e. The molecule has 0 saturated carbocycles. The highest BCUT2D eigenvalue weighted by Crippen LogP contribution is 2.36. The monoisotopic (exact) mass is 406 g/mol. The molecule has 1 fully saturated rings. The summed E-state index contributed by atoms with van der Waals surface area (Å²) in [6.45, 7) is 3.88. The van der Waals surface area contributed by atoms with Crippen molar-refractivity contribution in [3.05, 3.63) is 45.4 Å². The Bertz CT molecular complexity index is 808. The van der Waals surface area contributed by atoms with E-state index in [1.165, 1.54) is 0 Å². The second-order valence-electron chi connectivity index (χ2n) is 6.29. The highest BCUT2D eigenvalue weighted by molar-refractivity contribution is 7.09. The van der Waals surface area contributed by atoms with E-state index in [0.29, 0.717) is 35.6 Å². The van der Waals surface area contributed by atoms with Gasteiger partial charge in [-0.05, 0) is 43.5 Å². The predicted octanol–water partition coefficient (Wildman–Crippen LogP) is 4.62. The van der Waals surface area contributed by atoms with Crippen LogP contribution in [0.15, 0.2) is 29.8 Å². The quantitative estimate of drug-likeness (QED) is 0.656. The number of hydrogen-bond acceptors (Lipinski definition) is 5. The van der Waals surface area contributed by atoms with Gasteiger partial charge in [-0.3, -0.25) is 4.79 Å². The summed E-state index contributed by atoms with van der Waals surface area (Å²) in [6, 6.07) is 3.59. The summed E-state index contributed by atoms with van der Waals surface area (Å²) in [7, 11) is 1.57. The van der Waals surface area contributed by atoms with Gasteiger partial charge in [-0.2, -0.15) is 0 Å². The van der Waals surface area contributed by atoms with Gasteiger partial charge >= 0.3 is 0 Å². The molecule has 2 heterocycles. The third-order valence-electron chi connectivity index (χ3n) is 4.49. The lowest BCUT2D eigenvalue weighted by atomic mass is 9.98. The Morgan fingerprint density at radius 2 is 2.33 bits per heavy atom. The van der Waals surface area contributed by atoms with Crippen LogP contribution in [0.3, 0.4) is 0 Å². The molecule has 0 radical (unpaired) electrons. The molecule has 1 aliphatic heterocycles. The number of thiazole rings is 1. The largest absolute Gasteiger partial charge is 0.493 e. The van der Waals surface area contributed by atoms with Crippen molar-refractivity contribution in [1.29, 1.82) is 0 Å². The lowest BCUT2D eigenvalue weighted by Crippen LogP contribution is -2.38. The van der Waals surface area contributed by atoms with Gasteiger partial charge in [0.25, 0.3) is 0 Å². The summed E-state index contributed by atoms with van der Waals surface area (Å²) in [5.41, 5.74) is 0.794. The minimum Gasteiger partial charge on any atom is -0.493 e. The zero-order valence-electron chi connectivity index (χ0n) is 15.5. The molecule has 1 aromatic heterocycles. The van der Waals surface area contributed by atoms with Crippen LogP contribution in [0.1, 0.15) is 36.3 Å². The van der Waals surface area contributed by atoms with Gasteiger partial charge in [0.15, 0.2) is 11.5 Å². The van der Waals surface area contributed by atoms with Crippen LogP contribution >= 0.6 is 22.9 Å². The molecule has 1 atom stereocenters. The summed E-state index contributed by atoms with van der Waals surface area (Å²) in [4.78, 5) is 18.9. The molecule has 1 aliphatic rings. The van der Waals surface area contributed by atoms with Crippen molar-refractivity contribution in [1.82, 2.24) is 9.88 Å². The SMILES string of the molecule is CCOc1c(Cl)cc(/C=C/C(=O)N2CCCC(c3nccs3)C2)cc1OC. The zero-order valence-corrected chi connectivity index (χ0v) is 17.1. The Balaban J connectivity index is 1.70. The van der Waals surface area contributed by atoms with E-state index >= 15 is 0 Å². The number of piperidine rings is 1. The molecular formula is C20H23ClN2O3S. The molecule has 1 saturated heterocycles. The fraction of sp³-hybridized carbons (Fsp3) is 0.400. The van der Waals surface area contributed by atoms with Gasteiger partial charge in [-0.25, -0.2) is 4.98 Å². The van der Waals surface area contributed by atoms with Crippen LogP contribution in [0.2, 0.25) is 5.02 Å². The molecule has 5 nitrogen and oxygen atoms in total. The molecule has 7 heteroatoms. The first-order valence-electron chi connectivity index (χ1n) is 8.99. The molecule has 1 unspecified atom stereocenters. The number of amides is 1. The third kappa shape index (κ3) is 4.82. The van der Waals surface area contributed by atoms with E-state index < -0.39 is 0 Å². The number of carbonyl (C=O) groups is 1. The minimum absolute atomic E-state index is 0.000213. The Kier molecular flexibility index (Phi) is 6.74. The Morgan fingerprint density at radius 3 is 3.04 bits per heavy atom. The fourth-order valence-electron chi connectivity index (χ4n) is 3.21. The number of halogens is 1. The number of nitrogens with zero attached hydrogens (tertiary/aromatic N) is 2. The maximum absolute atomic E-state index is 12.6. The van der Waals surface area contributed by atoms with E-state index in [1.807, 2.05) is 29.5 Å². The van der Waals surface area contributed by atoms with Crippen LogP contribution < -0.4 is 9.47 Å². The first-order chi connectivity index (χ1) is 13.1. The molecule has 2 aromatic rings. The second kappa shape index (κ2) is 9.24. The molecule has 3 rings (SSSR count). The van der Waals surface area contributed by atoms with Crippen molar-refractivity contribution in [2.45, 2.75) is 25.7 Å². The highest BCUT2D eigenvalue weighted by Gasteiger charge is 2.25. The summed E-state index contributed by atoms with van der Waals surface area (Å²) >= 11 is 7.95. The fourth-order valence-corrected chi connectivity index (χ4v) is 4.25. The van der Waals surface area contributed by atoms with Crippen molar-refractivity contribution in [3.63, 3.8) is 0 Å². The Labute approximate surface area is 168 Å². The Morgan fingerprint density at radius 1 is 1.48 bits per heavy atom. The number of carbonyl (C=O) groups excluding carboxylic acids is 1. The second-order valence-corrected chi connectivity index (χ2v) is 7.63. The molecule has 1 aromatic carbocycles. The first-order valence-corrected chi connectivity index (χ1v) is 10.2. The topological polar surface area (TPSA) is 51.7 Å². The lowest BCUT2D eigenvalue weighted by Gasteiger charge is -2.31. The third-order valence-corrected chi connectivity index (χ3v) is 5.71. The highest BCUT2D eigenvalue weighted by atomic mass is 35.5. The van der Waals surface area contributed by atoms with Gasteiger partial charge in [-0.1, -0.05) is 11.6 Å². The van der Waals surface area contributed by atoms with Crippen molar-refractivity contribution in [2.75, 3.05) is 26.8 Å². The van der Waals surface area contributed by atoms with Crippen LogP contribution in [0.5, 0.6) is 11.5 Å². The van der Waals surface area contributed by atoms with E-state index in [4.69, 9.17) is 21.1 Å². The van der Waals surface area contributed by atoms with Crippen molar-refractivity contribution in [2.24, 2.45) is 0 Å². The molecule has 0 bridgehead atoms. The molecule has 1 amide bonds. The van der Waals surface area contributed by atoms with Gasteiger partial charge < -0.3 is 14.4 Å². The first kappa shape index (κ1) is 19.7. The number of rotatable bonds is 6. The maximum Gasteiger partial charge on any atom is 0.246 e.